The minimum Gasteiger partial charge on any atom is -0.486 e. The van der Waals surface area contributed by atoms with Crippen LogP contribution in [0, 0.1) is 0 Å². The Morgan fingerprint density at radius 3 is 2.65 bits per heavy atom. The average molecular weight is 383 g/mol. The van der Waals surface area contributed by atoms with E-state index in [1.807, 2.05) is 0 Å². The molecule has 1 saturated heterocycles. The first kappa shape index (κ1) is 14.0. The molecule has 1 amide bonds. The van der Waals surface area contributed by atoms with Crippen molar-refractivity contribution in [2.75, 3.05) is 13.2 Å². The molecule has 108 valence electrons. The lowest BCUT2D eigenvalue weighted by atomic mass is 9.97. The normalized spacial score (nSPS) is 21.6. The minimum atomic E-state index is -4.08. The number of hydrogen-bond acceptors (Lipinski definition) is 5. The second kappa shape index (κ2) is 4.78. The fourth-order valence-corrected chi connectivity index (χ4v) is 4.16. The van der Waals surface area contributed by atoms with Crippen LogP contribution in [-0.2, 0) is 14.0 Å². The highest BCUT2D eigenvalue weighted by Gasteiger charge is 2.45. The summed E-state index contributed by atoms with van der Waals surface area (Å²) in [5, 5.41) is 0. The first-order valence-corrected chi connectivity index (χ1v) is 8.80. The van der Waals surface area contributed by atoms with Crippen LogP contribution < -0.4 is 9.47 Å². The number of amides is 1. The monoisotopic (exact) mass is 381 g/mol. The quantitative estimate of drug-likeness (QED) is 0.578. The van der Waals surface area contributed by atoms with Crippen LogP contribution in [0.1, 0.15) is 18.0 Å². The van der Waals surface area contributed by atoms with E-state index in [0.717, 1.165) is 0 Å². The molecule has 20 heavy (non-hydrogen) atoms. The van der Waals surface area contributed by atoms with Gasteiger partial charge in [-0.05, 0) is 33.6 Å². The summed E-state index contributed by atoms with van der Waals surface area (Å²) < 4.78 is 35.0. The molecule has 1 aromatic carbocycles. The van der Waals surface area contributed by atoms with Crippen LogP contribution in [0.15, 0.2) is 16.6 Å². The van der Waals surface area contributed by atoms with E-state index in [0.29, 0.717) is 39.1 Å². The number of rotatable bonds is 2. The van der Waals surface area contributed by atoms with E-state index in [1.165, 1.54) is 0 Å². The maximum atomic E-state index is 11.4. The smallest absolute Gasteiger partial charge is 0.324 e. The van der Waals surface area contributed by atoms with Gasteiger partial charge < -0.3 is 9.47 Å². The molecule has 3 rings (SSSR count). The van der Waals surface area contributed by atoms with Gasteiger partial charge in [0.05, 0.1) is 16.9 Å². The second-order valence-corrected chi connectivity index (χ2v) is 7.62. The number of carbonyl (C=O) groups excluding carboxylic acids is 1. The Kier molecular flexibility index (Phi) is 3.34. The van der Waals surface area contributed by atoms with E-state index >= 15 is 0 Å². The number of ether oxygens (including phenoxy) is 2. The zero-order chi connectivity index (χ0) is 14.5. The molecule has 0 saturated carbocycles. The predicted molar refractivity (Wildman–Crippen MR) is 74.1 cm³/mol. The molecule has 1 unspecified atom stereocenters. The largest absolute Gasteiger partial charge is 0.486 e. The highest BCUT2D eigenvalue weighted by Crippen LogP contribution is 2.45. The molecule has 6 nitrogen and oxygen atoms in total. The van der Waals surface area contributed by atoms with Crippen molar-refractivity contribution in [1.29, 1.82) is 0 Å². The Balaban J connectivity index is 2.00. The molecule has 0 N–H and O–H groups in total. The minimum absolute atomic E-state index is 0.0953. The Labute approximate surface area is 128 Å². The first-order chi connectivity index (χ1) is 9.38. The fraction of sp³-hybridized carbons (Fsp3) is 0.364. The van der Waals surface area contributed by atoms with Crippen molar-refractivity contribution in [1.82, 2.24) is 4.31 Å². The van der Waals surface area contributed by atoms with E-state index in [-0.39, 0.29) is 6.42 Å². The Hall–Kier alpha value is -0.990. The number of fused-ring (bicyclic) bond motifs is 1. The first-order valence-electron chi connectivity index (χ1n) is 5.74. The second-order valence-electron chi connectivity index (χ2n) is 4.38. The lowest BCUT2D eigenvalue weighted by Crippen LogP contribution is -2.47. The van der Waals surface area contributed by atoms with Gasteiger partial charge in [0.15, 0.2) is 11.5 Å². The van der Waals surface area contributed by atoms with Gasteiger partial charge in [0.2, 0.25) is 5.91 Å². The van der Waals surface area contributed by atoms with Gasteiger partial charge in [0.25, 0.3) is 0 Å². The van der Waals surface area contributed by atoms with Crippen molar-refractivity contribution in [2.24, 2.45) is 0 Å². The van der Waals surface area contributed by atoms with Gasteiger partial charge in [0, 0.05) is 10.7 Å². The number of carbonyl (C=O) groups is 1. The third kappa shape index (κ3) is 2.25. The van der Waals surface area contributed by atoms with Gasteiger partial charge in [-0.15, -0.1) is 0 Å². The topological polar surface area (TPSA) is 72.9 Å². The molecular weight excluding hydrogens is 374 g/mol. The van der Waals surface area contributed by atoms with Crippen molar-refractivity contribution in [3.05, 3.63) is 22.2 Å². The third-order valence-electron chi connectivity index (χ3n) is 3.14. The highest BCUT2D eigenvalue weighted by molar-refractivity contribution is 9.10. The molecule has 0 aliphatic carbocycles. The summed E-state index contributed by atoms with van der Waals surface area (Å²) in [6.07, 6.45) is 0.0953. The summed E-state index contributed by atoms with van der Waals surface area (Å²) in [6, 6.07) is 2.78. The SMILES string of the molecule is O=C1CC(c2cc(Br)c3c(c2)OCCO3)N1S(=O)(=O)Cl. The van der Waals surface area contributed by atoms with Gasteiger partial charge in [-0.1, -0.05) is 0 Å². The molecule has 1 fully saturated rings. The summed E-state index contributed by atoms with van der Waals surface area (Å²) in [7, 11) is 1.19. The summed E-state index contributed by atoms with van der Waals surface area (Å²) in [4.78, 5) is 11.4. The molecule has 2 aliphatic heterocycles. The maximum absolute atomic E-state index is 11.4. The predicted octanol–water partition coefficient (Wildman–Crippen LogP) is 1.98. The third-order valence-corrected chi connectivity index (χ3v) is 5.10. The molecule has 0 aromatic heterocycles. The van der Waals surface area contributed by atoms with Gasteiger partial charge in [-0.25, -0.2) is 4.31 Å². The van der Waals surface area contributed by atoms with E-state index in [4.69, 9.17) is 20.2 Å². The van der Waals surface area contributed by atoms with Crippen molar-refractivity contribution in [2.45, 2.75) is 12.5 Å². The van der Waals surface area contributed by atoms with Crippen LogP contribution in [0.5, 0.6) is 11.5 Å². The van der Waals surface area contributed by atoms with Crippen LogP contribution in [0.25, 0.3) is 0 Å². The lowest BCUT2D eigenvalue weighted by molar-refractivity contribution is -0.137. The number of nitrogens with zero attached hydrogens (tertiary/aromatic N) is 1. The number of halogens is 2. The molecule has 0 spiro atoms. The number of β-lactam (4-membered cyclic amide) rings is 1. The van der Waals surface area contributed by atoms with Crippen molar-refractivity contribution in [3.8, 4) is 11.5 Å². The van der Waals surface area contributed by atoms with E-state index in [1.54, 1.807) is 12.1 Å². The van der Waals surface area contributed by atoms with Crippen molar-refractivity contribution < 1.29 is 22.7 Å². The lowest BCUT2D eigenvalue weighted by Gasteiger charge is -2.37. The van der Waals surface area contributed by atoms with Gasteiger partial charge in [0.1, 0.15) is 13.2 Å². The van der Waals surface area contributed by atoms with Gasteiger partial charge in [-0.2, -0.15) is 8.42 Å². The number of hydrogen-bond donors (Lipinski definition) is 0. The summed E-state index contributed by atoms with van der Waals surface area (Å²) in [5.41, 5.74) is 0.630. The van der Waals surface area contributed by atoms with E-state index in [2.05, 4.69) is 15.9 Å². The molecule has 1 atom stereocenters. The van der Waals surface area contributed by atoms with Crippen LogP contribution in [0.4, 0.5) is 0 Å². The standard InChI is InChI=1S/C11H9BrClNO5S/c12-7-3-6(4-9-11(7)19-2-1-18-9)8-5-10(15)14(8)20(13,16)17/h3-4,8H,1-2,5H2. The van der Waals surface area contributed by atoms with Crippen LogP contribution in [-0.4, -0.2) is 31.8 Å². The Morgan fingerprint density at radius 2 is 2.00 bits per heavy atom. The molecule has 0 bridgehead atoms. The zero-order valence-corrected chi connectivity index (χ0v) is 13.2. The summed E-state index contributed by atoms with van der Waals surface area (Å²) in [5.74, 6) is 0.578. The van der Waals surface area contributed by atoms with E-state index < -0.39 is 21.2 Å². The van der Waals surface area contributed by atoms with Crippen LogP contribution in [0.3, 0.4) is 0 Å². The molecule has 1 aromatic rings. The molecule has 2 aliphatic rings. The van der Waals surface area contributed by atoms with Gasteiger partial charge in [-0.3, -0.25) is 4.79 Å². The van der Waals surface area contributed by atoms with E-state index in [9.17, 15) is 13.2 Å². The fourth-order valence-electron chi connectivity index (χ4n) is 2.25. The summed E-state index contributed by atoms with van der Waals surface area (Å²) in [6.45, 7) is 0.874. The highest BCUT2D eigenvalue weighted by atomic mass is 79.9. The summed E-state index contributed by atoms with van der Waals surface area (Å²) >= 11 is 3.35. The zero-order valence-electron chi connectivity index (χ0n) is 10.0. The molecule has 9 heteroatoms. The Morgan fingerprint density at radius 1 is 1.30 bits per heavy atom. The molecule has 0 radical (unpaired) electrons. The average Bonchev–Trinajstić information content (AvgIpc) is 2.33. The number of benzene rings is 1. The van der Waals surface area contributed by atoms with Crippen LogP contribution >= 0.6 is 26.6 Å². The van der Waals surface area contributed by atoms with Gasteiger partial charge >= 0.3 is 9.24 Å². The molecular formula is C11H9BrClNO5S. The van der Waals surface area contributed by atoms with Crippen molar-refractivity contribution in [3.63, 3.8) is 0 Å². The molecule has 2 heterocycles. The Bertz CT molecular complexity index is 692. The van der Waals surface area contributed by atoms with Crippen LogP contribution in [0.2, 0.25) is 0 Å². The van der Waals surface area contributed by atoms with Crippen molar-refractivity contribution >= 4 is 41.8 Å². The maximum Gasteiger partial charge on any atom is 0.324 e.